The predicted molar refractivity (Wildman–Crippen MR) is 113 cm³/mol. The Labute approximate surface area is 175 Å². The molecule has 6 nitrogen and oxygen atoms in total. The standard InChI is InChI=1S/C23H26FN3O3/c1-16(22(29)25-21-10-6-18(7-11-21)17(2)28)26-12-3-13-27(15-14-26)23(30)19-4-8-20(24)9-5-19/h4-11,16H,3,12-15H2,1-2H3,(H,25,29)/t16-/m1/s1. The van der Waals surface area contributed by atoms with E-state index >= 15 is 0 Å². The summed E-state index contributed by atoms with van der Waals surface area (Å²) in [4.78, 5) is 40.5. The molecule has 1 saturated heterocycles. The third kappa shape index (κ3) is 5.30. The van der Waals surface area contributed by atoms with Crippen LogP contribution in [0.15, 0.2) is 48.5 Å². The Bertz CT molecular complexity index is 912. The van der Waals surface area contributed by atoms with Crippen LogP contribution >= 0.6 is 0 Å². The molecular weight excluding hydrogens is 385 g/mol. The second-order valence-electron chi connectivity index (χ2n) is 7.49. The maximum atomic E-state index is 13.1. The first-order chi connectivity index (χ1) is 14.3. The van der Waals surface area contributed by atoms with E-state index in [1.807, 2.05) is 6.92 Å². The van der Waals surface area contributed by atoms with Gasteiger partial charge >= 0.3 is 0 Å². The summed E-state index contributed by atoms with van der Waals surface area (Å²) in [5.74, 6) is -0.654. The second kappa shape index (κ2) is 9.63. The molecular formula is C23H26FN3O3. The number of nitrogens with one attached hydrogen (secondary N) is 1. The van der Waals surface area contributed by atoms with E-state index in [1.54, 1.807) is 29.2 Å². The molecule has 0 bridgehead atoms. The number of hydrogen-bond acceptors (Lipinski definition) is 4. The van der Waals surface area contributed by atoms with Crippen molar-refractivity contribution in [2.24, 2.45) is 0 Å². The number of Topliss-reactive ketones (excluding diaryl/α,β-unsaturated/α-hetero) is 1. The number of rotatable bonds is 5. The number of ketones is 1. The van der Waals surface area contributed by atoms with Gasteiger partial charge < -0.3 is 10.2 Å². The van der Waals surface area contributed by atoms with E-state index in [9.17, 15) is 18.8 Å². The van der Waals surface area contributed by atoms with Crippen LogP contribution in [0.25, 0.3) is 0 Å². The number of benzene rings is 2. The molecule has 2 aromatic rings. The fourth-order valence-corrected chi connectivity index (χ4v) is 3.50. The topological polar surface area (TPSA) is 69.7 Å². The minimum absolute atomic E-state index is 0.0226. The largest absolute Gasteiger partial charge is 0.337 e. The van der Waals surface area contributed by atoms with Gasteiger partial charge in [0.25, 0.3) is 5.91 Å². The van der Waals surface area contributed by atoms with Crippen LogP contribution in [0.3, 0.4) is 0 Å². The zero-order valence-electron chi connectivity index (χ0n) is 17.2. The number of carbonyl (C=O) groups excluding carboxylic acids is 3. The summed E-state index contributed by atoms with van der Waals surface area (Å²) in [6.07, 6.45) is 0.748. The minimum Gasteiger partial charge on any atom is -0.337 e. The molecule has 1 heterocycles. The smallest absolute Gasteiger partial charge is 0.253 e. The lowest BCUT2D eigenvalue weighted by Crippen LogP contribution is -2.44. The van der Waals surface area contributed by atoms with Crippen molar-refractivity contribution >= 4 is 23.3 Å². The monoisotopic (exact) mass is 411 g/mol. The molecule has 0 aliphatic carbocycles. The summed E-state index contributed by atoms with van der Waals surface area (Å²) in [6, 6.07) is 12.0. The Balaban J connectivity index is 1.57. The molecule has 158 valence electrons. The van der Waals surface area contributed by atoms with Crippen molar-refractivity contribution in [1.29, 1.82) is 0 Å². The number of hydrogen-bond donors (Lipinski definition) is 1. The predicted octanol–water partition coefficient (Wildman–Crippen LogP) is 3.20. The van der Waals surface area contributed by atoms with Gasteiger partial charge in [0.2, 0.25) is 5.91 Å². The molecule has 1 atom stereocenters. The fraction of sp³-hybridized carbons (Fsp3) is 0.348. The van der Waals surface area contributed by atoms with Crippen LogP contribution in [0.1, 0.15) is 41.0 Å². The number of carbonyl (C=O) groups is 3. The summed E-state index contributed by atoms with van der Waals surface area (Å²) in [5.41, 5.74) is 1.70. The lowest BCUT2D eigenvalue weighted by molar-refractivity contribution is -0.120. The van der Waals surface area contributed by atoms with Gasteiger partial charge in [-0.15, -0.1) is 0 Å². The van der Waals surface area contributed by atoms with Gasteiger partial charge in [-0.1, -0.05) is 0 Å². The number of halogens is 1. The molecule has 3 rings (SSSR count). The second-order valence-corrected chi connectivity index (χ2v) is 7.49. The number of nitrogens with zero attached hydrogens (tertiary/aromatic N) is 2. The molecule has 1 aliphatic rings. The van der Waals surface area contributed by atoms with Crippen molar-refractivity contribution in [3.05, 3.63) is 65.5 Å². The van der Waals surface area contributed by atoms with Crippen molar-refractivity contribution < 1.29 is 18.8 Å². The van der Waals surface area contributed by atoms with Gasteiger partial charge in [-0.05, 0) is 68.8 Å². The van der Waals surface area contributed by atoms with E-state index in [4.69, 9.17) is 0 Å². The highest BCUT2D eigenvalue weighted by molar-refractivity contribution is 5.97. The van der Waals surface area contributed by atoms with E-state index in [0.717, 1.165) is 6.42 Å². The van der Waals surface area contributed by atoms with E-state index in [1.165, 1.54) is 31.2 Å². The van der Waals surface area contributed by atoms with E-state index in [2.05, 4.69) is 10.2 Å². The third-order valence-electron chi connectivity index (χ3n) is 5.40. The van der Waals surface area contributed by atoms with Gasteiger partial charge in [-0.2, -0.15) is 0 Å². The van der Waals surface area contributed by atoms with Crippen molar-refractivity contribution in [3.63, 3.8) is 0 Å². The van der Waals surface area contributed by atoms with Crippen LogP contribution in [0.5, 0.6) is 0 Å². The molecule has 1 N–H and O–H groups in total. The van der Waals surface area contributed by atoms with E-state index in [-0.39, 0.29) is 29.5 Å². The van der Waals surface area contributed by atoms with Gasteiger partial charge in [0, 0.05) is 43.0 Å². The van der Waals surface area contributed by atoms with Gasteiger partial charge in [0.05, 0.1) is 6.04 Å². The highest BCUT2D eigenvalue weighted by Gasteiger charge is 2.26. The fourth-order valence-electron chi connectivity index (χ4n) is 3.50. The molecule has 0 aromatic heterocycles. The Hall–Kier alpha value is -3.06. The molecule has 7 heteroatoms. The van der Waals surface area contributed by atoms with Gasteiger partial charge in [0.1, 0.15) is 5.82 Å². The average Bonchev–Trinajstić information content (AvgIpc) is 3.00. The summed E-state index contributed by atoms with van der Waals surface area (Å²) >= 11 is 0. The summed E-state index contributed by atoms with van der Waals surface area (Å²) in [5, 5.41) is 2.88. The molecule has 1 fully saturated rings. The van der Waals surface area contributed by atoms with Gasteiger partial charge in [-0.25, -0.2) is 4.39 Å². The average molecular weight is 411 g/mol. The van der Waals surface area contributed by atoms with Crippen LogP contribution in [-0.4, -0.2) is 59.6 Å². The maximum Gasteiger partial charge on any atom is 0.253 e. The summed E-state index contributed by atoms with van der Waals surface area (Å²) in [7, 11) is 0. The third-order valence-corrected chi connectivity index (χ3v) is 5.40. The van der Waals surface area contributed by atoms with Crippen LogP contribution in [0.4, 0.5) is 10.1 Å². The summed E-state index contributed by atoms with van der Waals surface area (Å²) < 4.78 is 13.1. The van der Waals surface area contributed by atoms with E-state index in [0.29, 0.717) is 43.0 Å². The Kier molecular flexibility index (Phi) is 6.95. The quantitative estimate of drug-likeness (QED) is 0.767. The first-order valence-electron chi connectivity index (χ1n) is 10.1. The molecule has 0 unspecified atom stereocenters. The zero-order chi connectivity index (χ0) is 21.7. The maximum absolute atomic E-state index is 13.1. The lowest BCUT2D eigenvalue weighted by atomic mass is 10.1. The first-order valence-corrected chi connectivity index (χ1v) is 10.1. The molecule has 0 spiro atoms. The normalized spacial score (nSPS) is 15.9. The Morgan fingerprint density at radius 2 is 1.53 bits per heavy atom. The molecule has 2 amide bonds. The van der Waals surface area contributed by atoms with Crippen LogP contribution in [0, 0.1) is 5.82 Å². The molecule has 1 aliphatic heterocycles. The van der Waals surface area contributed by atoms with Gasteiger partial charge in [-0.3, -0.25) is 19.3 Å². The summed E-state index contributed by atoms with van der Waals surface area (Å²) in [6.45, 7) is 5.71. The first kappa shape index (κ1) is 21.6. The highest BCUT2D eigenvalue weighted by atomic mass is 19.1. The molecule has 2 aromatic carbocycles. The lowest BCUT2D eigenvalue weighted by Gasteiger charge is -2.27. The molecule has 0 saturated carbocycles. The van der Waals surface area contributed by atoms with Crippen molar-refractivity contribution in [2.75, 3.05) is 31.5 Å². The van der Waals surface area contributed by atoms with Crippen molar-refractivity contribution in [1.82, 2.24) is 9.80 Å². The molecule has 0 radical (unpaired) electrons. The van der Waals surface area contributed by atoms with Crippen molar-refractivity contribution in [3.8, 4) is 0 Å². The van der Waals surface area contributed by atoms with E-state index < -0.39 is 0 Å². The minimum atomic E-state index is -0.371. The van der Waals surface area contributed by atoms with Gasteiger partial charge in [0.15, 0.2) is 5.78 Å². The Morgan fingerprint density at radius 3 is 2.17 bits per heavy atom. The zero-order valence-corrected chi connectivity index (χ0v) is 17.2. The number of amides is 2. The SMILES string of the molecule is CC(=O)c1ccc(NC(=O)[C@@H](C)N2CCCN(C(=O)c3ccc(F)cc3)CC2)cc1. The Morgan fingerprint density at radius 1 is 0.900 bits per heavy atom. The molecule has 30 heavy (non-hydrogen) atoms. The highest BCUT2D eigenvalue weighted by Crippen LogP contribution is 2.15. The van der Waals surface area contributed by atoms with Crippen LogP contribution in [0.2, 0.25) is 0 Å². The van der Waals surface area contributed by atoms with Crippen LogP contribution < -0.4 is 5.32 Å². The number of anilines is 1. The van der Waals surface area contributed by atoms with Crippen molar-refractivity contribution in [2.45, 2.75) is 26.3 Å². The van der Waals surface area contributed by atoms with Crippen LogP contribution in [-0.2, 0) is 4.79 Å².